The molecule has 0 aliphatic heterocycles. The van der Waals surface area contributed by atoms with Gasteiger partial charge in [0.1, 0.15) is 0 Å². The zero-order chi connectivity index (χ0) is 15.9. The number of benzene rings is 1. The number of halogens is 1. The Morgan fingerprint density at radius 2 is 1.91 bits per heavy atom. The van der Waals surface area contributed by atoms with Gasteiger partial charge in [0.2, 0.25) is 11.8 Å². The molecule has 22 heavy (non-hydrogen) atoms. The number of carbonyl (C=O) groups excluding carboxylic acids is 2. The molecule has 0 aromatic heterocycles. The molecule has 120 valence electrons. The van der Waals surface area contributed by atoms with Crippen LogP contribution in [0.2, 0.25) is 5.02 Å². The largest absolute Gasteiger partial charge is 0.339 e. The van der Waals surface area contributed by atoms with Crippen molar-refractivity contribution in [1.82, 2.24) is 4.90 Å². The third kappa shape index (κ3) is 4.73. The normalized spacial score (nSPS) is 15.4. The van der Waals surface area contributed by atoms with E-state index in [0.717, 1.165) is 12.8 Å². The van der Waals surface area contributed by atoms with E-state index in [4.69, 9.17) is 11.6 Å². The van der Waals surface area contributed by atoms with Crippen molar-refractivity contribution < 1.29 is 9.59 Å². The maximum atomic E-state index is 12.1. The summed E-state index contributed by atoms with van der Waals surface area (Å²) in [4.78, 5) is 25.8. The fraction of sp³-hybridized carbons (Fsp3) is 0.529. The highest BCUT2D eigenvalue weighted by Crippen LogP contribution is 2.23. The van der Waals surface area contributed by atoms with E-state index in [1.807, 2.05) is 17.0 Å². The van der Waals surface area contributed by atoms with E-state index in [2.05, 4.69) is 5.32 Å². The van der Waals surface area contributed by atoms with Crippen molar-refractivity contribution in [3.63, 3.8) is 0 Å². The lowest BCUT2D eigenvalue weighted by atomic mass is 9.94. The number of hydrogen-bond donors (Lipinski definition) is 1. The molecule has 1 aliphatic rings. The van der Waals surface area contributed by atoms with E-state index in [-0.39, 0.29) is 11.8 Å². The SMILES string of the molecule is CC(=O)N(CCC(=O)Nc1ccccc1Cl)C1CCCCC1. The van der Waals surface area contributed by atoms with Crippen LogP contribution in [-0.2, 0) is 9.59 Å². The summed E-state index contributed by atoms with van der Waals surface area (Å²) >= 11 is 6.02. The van der Waals surface area contributed by atoms with Crippen molar-refractivity contribution in [2.75, 3.05) is 11.9 Å². The third-order valence-electron chi connectivity index (χ3n) is 4.15. The molecule has 0 saturated heterocycles. The van der Waals surface area contributed by atoms with Crippen LogP contribution < -0.4 is 5.32 Å². The molecule has 2 rings (SSSR count). The first kappa shape index (κ1) is 16.8. The van der Waals surface area contributed by atoms with E-state index in [0.29, 0.717) is 29.7 Å². The monoisotopic (exact) mass is 322 g/mol. The smallest absolute Gasteiger partial charge is 0.226 e. The van der Waals surface area contributed by atoms with Crippen molar-refractivity contribution >= 4 is 29.1 Å². The number of carbonyl (C=O) groups is 2. The average Bonchev–Trinajstić information content (AvgIpc) is 2.50. The van der Waals surface area contributed by atoms with Gasteiger partial charge in [0.25, 0.3) is 0 Å². The molecule has 0 atom stereocenters. The molecule has 0 spiro atoms. The Morgan fingerprint density at radius 1 is 1.23 bits per heavy atom. The van der Waals surface area contributed by atoms with Crippen LogP contribution >= 0.6 is 11.6 Å². The minimum Gasteiger partial charge on any atom is -0.339 e. The van der Waals surface area contributed by atoms with Gasteiger partial charge in [0, 0.05) is 25.9 Å². The topological polar surface area (TPSA) is 49.4 Å². The standard InChI is InChI=1S/C17H23ClN2O2/c1-13(21)20(14-7-3-2-4-8-14)12-11-17(22)19-16-10-6-5-9-15(16)18/h5-6,9-10,14H,2-4,7-8,11-12H2,1H3,(H,19,22). The molecular weight excluding hydrogens is 300 g/mol. The van der Waals surface area contributed by atoms with Crippen molar-refractivity contribution in [1.29, 1.82) is 0 Å². The first-order valence-corrected chi connectivity index (χ1v) is 8.27. The van der Waals surface area contributed by atoms with Gasteiger partial charge in [-0.1, -0.05) is 43.0 Å². The van der Waals surface area contributed by atoms with Gasteiger partial charge in [0.15, 0.2) is 0 Å². The summed E-state index contributed by atoms with van der Waals surface area (Å²) in [5, 5.41) is 3.32. The average molecular weight is 323 g/mol. The minimum atomic E-state index is -0.116. The molecule has 2 amide bonds. The Kier molecular flexibility index (Phi) is 6.25. The fourth-order valence-electron chi connectivity index (χ4n) is 2.99. The second-order valence-electron chi connectivity index (χ2n) is 5.78. The molecule has 1 aromatic rings. The van der Waals surface area contributed by atoms with E-state index < -0.39 is 0 Å². The number of amides is 2. The van der Waals surface area contributed by atoms with Gasteiger partial charge in [-0.15, -0.1) is 0 Å². The van der Waals surface area contributed by atoms with Gasteiger partial charge in [0.05, 0.1) is 10.7 Å². The number of hydrogen-bond acceptors (Lipinski definition) is 2. The van der Waals surface area contributed by atoms with Crippen LogP contribution in [0.1, 0.15) is 45.4 Å². The van der Waals surface area contributed by atoms with E-state index in [1.54, 1.807) is 19.1 Å². The summed E-state index contributed by atoms with van der Waals surface area (Å²) in [6.45, 7) is 2.05. The van der Waals surface area contributed by atoms with Crippen LogP contribution in [0.25, 0.3) is 0 Å². The zero-order valence-electron chi connectivity index (χ0n) is 13.0. The molecule has 4 nitrogen and oxygen atoms in total. The predicted octanol–water partition coefficient (Wildman–Crippen LogP) is 3.85. The second-order valence-corrected chi connectivity index (χ2v) is 6.19. The van der Waals surface area contributed by atoms with Gasteiger partial charge in [-0.3, -0.25) is 9.59 Å². The lowest BCUT2D eigenvalue weighted by Gasteiger charge is -2.33. The summed E-state index contributed by atoms with van der Waals surface area (Å²) in [7, 11) is 0. The lowest BCUT2D eigenvalue weighted by molar-refractivity contribution is -0.132. The maximum Gasteiger partial charge on any atom is 0.226 e. The van der Waals surface area contributed by atoms with Crippen LogP contribution in [0.3, 0.4) is 0 Å². The van der Waals surface area contributed by atoms with Crippen molar-refractivity contribution in [3.8, 4) is 0 Å². The fourth-order valence-corrected chi connectivity index (χ4v) is 3.17. The highest BCUT2D eigenvalue weighted by Gasteiger charge is 2.23. The Labute approximate surface area is 136 Å². The summed E-state index contributed by atoms with van der Waals surface area (Å²) in [5.41, 5.74) is 0.612. The highest BCUT2D eigenvalue weighted by molar-refractivity contribution is 6.33. The van der Waals surface area contributed by atoms with Crippen LogP contribution in [-0.4, -0.2) is 29.3 Å². The number of nitrogens with zero attached hydrogens (tertiary/aromatic N) is 1. The molecule has 1 saturated carbocycles. The number of anilines is 1. The molecule has 5 heteroatoms. The molecular formula is C17H23ClN2O2. The van der Waals surface area contributed by atoms with Crippen molar-refractivity contribution in [2.45, 2.75) is 51.5 Å². The van der Waals surface area contributed by atoms with Gasteiger partial charge in [-0.2, -0.15) is 0 Å². The van der Waals surface area contributed by atoms with E-state index in [9.17, 15) is 9.59 Å². The molecule has 0 radical (unpaired) electrons. The number of para-hydroxylation sites is 1. The van der Waals surface area contributed by atoms with Crippen LogP contribution in [0.4, 0.5) is 5.69 Å². The third-order valence-corrected chi connectivity index (χ3v) is 4.48. The van der Waals surface area contributed by atoms with E-state index in [1.165, 1.54) is 19.3 Å². The summed E-state index contributed by atoms with van der Waals surface area (Å²) in [6.07, 6.45) is 5.97. The number of rotatable bonds is 5. The Balaban J connectivity index is 1.87. The number of nitrogens with one attached hydrogen (secondary N) is 1. The Bertz CT molecular complexity index is 527. The summed E-state index contributed by atoms with van der Waals surface area (Å²) in [5.74, 6) is -0.0624. The van der Waals surface area contributed by atoms with Crippen molar-refractivity contribution in [2.24, 2.45) is 0 Å². The Morgan fingerprint density at radius 3 is 2.55 bits per heavy atom. The zero-order valence-corrected chi connectivity index (χ0v) is 13.7. The van der Waals surface area contributed by atoms with Crippen LogP contribution in [0.5, 0.6) is 0 Å². The van der Waals surface area contributed by atoms with Gasteiger partial charge >= 0.3 is 0 Å². The lowest BCUT2D eigenvalue weighted by Crippen LogP contribution is -2.41. The predicted molar refractivity (Wildman–Crippen MR) is 89.0 cm³/mol. The van der Waals surface area contributed by atoms with E-state index >= 15 is 0 Å². The maximum absolute atomic E-state index is 12.1. The van der Waals surface area contributed by atoms with Crippen LogP contribution in [0, 0.1) is 0 Å². The summed E-state index contributed by atoms with van der Waals surface area (Å²) in [6, 6.07) is 7.44. The quantitative estimate of drug-likeness (QED) is 0.895. The van der Waals surface area contributed by atoms with Crippen LogP contribution in [0.15, 0.2) is 24.3 Å². The molecule has 0 heterocycles. The van der Waals surface area contributed by atoms with Gasteiger partial charge in [-0.25, -0.2) is 0 Å². The first-order chi connectivity index (χ1) is 10.6. The molecule has 0 bridgehead atoms. The molecule has 1 aromatic carbocycles. The van der Waals surface area contributed by atoms with Gasteiger partial charge < -0.3 is 10.2 Å². The van der Waals surface area contributed by atoms with Crippen molar-refractivity contribution in [3.05, 3.63) is 29.3 Å². The minimum absolute atomic E-state index is 0.0532. The van der Waals surface area contributed by atoms with Gasteiger partial charge in [-0.05, 0) is 25.0 Å². The molecule has 1 fully saturated rings. The first-order valence-electron chi connectivity index (χ1n) is 7.89. The molecule has 1 aliphatic carbocycles. The molecule has 1 N–H and O–H groups in total. The summed E-state index contributed by atoms with van der Waals surface area (Å²) < 4.78 is 0. The highest BCUT2D eigenvalue weighted by atomic mass is 35.5. The molecule has 0 unspecified atom stereocenters. The second kappa shape index (κ2) is 8.18. The Hall–Kier alpha value is -1.55.